The topological polar surface area (TPSA) is 62.7 Å². The molecular weight excluding hydrogens is 290 g/mol. The molecule has 0 aliphatic heterocycles. The minimum Gasteiger partial charge on any atom is -0.459 e. The van der Waals surface area contributed by atoms with E-state index in [0.717, 1.165) is 6.42 Å². The third kappa shape index (κ3) is 7.17. The number of hydrogen-bond acceptors (Lipinski definition) is 3. The van der Waals surface area contributed by atoms with Crippen LogP contribution in [0.1, 0.15) is 51.8 Å². The van der Waals surface area contributed by atoms with Crippen molar-refractivity contribution in [2.75, 3.05) is 13.6 Å². The fourth-order valence-corrected chi connectivity index (χ4v) is 2.06. The van der Waals surface area contributed by atoms with Gasteiger partial charge in [0.2, 0.25) is 0 Å². The van der Waals surface area contributed by atoms with Gasteiger partial charge in [-0.3, -0.25) is 9.79 Å². The van der Waals surface area contributed by atoms with Crippen molar-refractivity contribution in [2.45, 2.75) is 52.7 Å². The molecule has 1 aromatic rings. The summed E-state index contributed by atoms with van der Waals surface area (Å²) in [5, 5.41) is 6.25. The van der Waals surface area contributed by atoms with E-state index in [-0.39, 0.29) is 18.6 Å². The first-order valence-electron chi connectivity index (χ1n) is 8.03. The number of nitrogens with one attached hydrogen (secondary N) is 2. The second-order valence-corrected chi connectivity index (χ2v) is 6.47. The molecule has 1 aromatic carbocycles. The minimum atomic E-state index is -0.482. The number of aliphatic imine (C=N–C) groups is 1. The predicted octanol–water partition coefficient (Wildman–Crippen LogP) is 2.82. The van der Waals surface area contributed by atoms with Crippen LogP contribution in [-0.4, -0.2) is 31.1 Å². The summed E-state index contributed by atoms with van der Waals surface area (Å²) in [7, 11) is 1.68. The maximum Gasteiger partial charge on any atom is 0.325 e. The van der Waals surface area contributed by atoms with Crippen molar-refractivity contribution >= 4 is 11.9 Å². The predicted molar refractivity (Wildman–Crippen MR) is 94.6 cm³/mol. The molecule has 1 rings (SSSR count). The molecule has 2 N–H and O–H groups in total. The van der Waals surface area contributed by atoms with Gasteiger partial charge in [0.1, 0.15) is 12.1 Å². The summed E-state index contributed by atoms with van der Waals surface area (Å²) in [6, 6.07) is 8.56. The third-order valence-corrected chi connectivity index (χ3v) is 3.28. The minimum absolute atomic E-state index is 0.0818. The van der Waals surface area contributed by atoms with E-state index in [2.05, 4.69) is 53.7 Å². The number of benzene rings is 1. The number of aryl methyl sites for hydroxylation is 1. The Bertz CT molecular complexity index is 530. The van der Waals surface area contributed by atoms with Crippen LogP contribution in [0.4, 0.5) is 0 Å². The van der Waals surface area contributed by atoms with Crippen LogP contribution in [0.5, 0.6) is 0 Å². The Hall–Kier alpha value is -2.04. The molecule has 5 nitrogen and oxygen atoms in total. The van der Waals surface area contributed by atoms with Crippen molar-refractivity contribution in [1.29, 1.82) is 0 Å². The molecule has 5 heteroatoms. The zero-order valence-corrected chi connectivity index (χ0v) is 15.1. The van der Waals surface area contributed by atoms with Gasteiger partial charge in [0, 0.05) is 7.05 Å². The molecule has 0 aliphatic rings. The van der Waals surface area contributed by atoms with E-state index in [1.54, 1.807) is 7.05 Å². The SMILES string of the molecule is CCc1ccc(C(C)NC(=NC)NCC(=O)OC(C)(C)C)cc1. The molecule has 0 saturated heterocycles. The monoisotopic (exact) mass is 319 g/mol. The van der Waals surface area contributed by atoms with Gasteiger partial charge in [0.15, 0.2) is 5.96 Å². The third-order valence-electron chi connectivity index (χ3n) is 3.28. The van der Waals surface area contributed by atoms with Gasteiger partial charge in [-0.05, 0) is 45.2 Å². The summed E-state index contributed by atoms with van der Waals surface area (Å²) < 4.78 is 5.26. The second-order valence-electron chi connectivity index (χ2n) is 6.47. The molecule has 128 valence electrons. The summed E-state index contributed by atoms with van der Waals surface area (Å²) in [4.78, 5) is 15.9. The van der Waals surface area contributed by atoms with E-state index in [1.807, 2.05) is 20.8 Å². The maximum atomic E-state index is 11.7. The lowest BCUT2D eigenvalue weighted by atomic mass is 10.1. The van der Waals surface area contributed by atoms with Gasteiger partial charge in [-0.1, -0.05) is 31.2 Å². The van der Waals surface area contributed by atoms with Crippen molar-refractivity contribution in [3.63, 3.8) is 0 Å². The molecule has 0 amide bonds. The summed E-state index contributed by atoms with van der Waals surface area (Å²) >= 11 is 0. The summed E-state index contributed by atoms with van der Waals surface area (Å²) in [6.45, 7) is 9.82. The van der Waals surface area contributed by atoms with Crippen LogP contribution in [0.2, 0.25) is 0 Å². The molecule has 0 bridgehead atoms. The molecule has 0 radical (unpaired) electrons. The second kappa shape index (κ2) is 8.56. The fraction of sp³-hybridized carbons (Fsp3) is 0.556. The Morgan fingerprint density at radius 1 is 1.26 bits per heavy atom. The number of esters is 1. The largest absolute Gasteiger partial charge is 0.459 e. The maximum absolute atomic E-state index is 11.7. The van der Waals surface area contributed by atoms with Gasteiger partial charge in [-0.2, -0.15) is 0 Å². The van der Waals surface area contributed by atoms with Gasteiger partial charge >= 0.3 is 5.97 Å². The van der Waals surface area contributed by atoms with E-state index >= 15 is 0 Å². The Labute approximate surface area is 139 Å². The van der Waals surface area contributed by atoms with Gasteiger partial charge in [-0.15, -0.1) is 0 Å². The van der Waals surface area contributed by atoms with E-state index < -0.39 is 5.60 Å². The van der Waals surface area contributed by atoms with Crippen molar-refractivity contribution in [3.8, 4) is 0 Å². The normalized spacial score (nSPS) is 13.4. The summed E-state index contributed by atoms with van der Waals surface area (Å²) in [5.74, 6) is 0.267. The fourth-order valence-electron chi connectivity index (χ4n) is 2.06. The number of rotatable bonds is 5. The van der Waals surface area contributed by atoms with Crippen LogP contribution >= 0.6 is 0 Å². The van der Waals surface area contributed by atoms with Gasteiger partial charge in [0.05, 0.1) is 6.04 Å². The van der Waals surface area contributed by atoms with Gasteiger partial charge in [-0.25, -0.2) is 0 Å². The molecule has 1 unspecified atom stereocenters. The molecule has 1 atom stereocenters. The highest BCUT2D eigenvalue weighted by atomic mass is 16.6. The Morgan fingerprint density at radius 3 is 2.35 bits per heavy atom. The standard InChI is InChI=1S/C18H29N3O2/c1-7-14-8-10-15(11-9-14)13(2)21-17(19-6)20-12-16(22)23-18(3,4)5/h8-11,13H,7,12H2,1-6H3,(H2,19,20,21). The Morgan fingerprint density at radius 2 is 1.87 bits per heavy atom. The smallest absolute Gasteiger partial charge is 0.325 e. The summed E-state index contributed by atoms with van der Waals surface area (Å²) in [6.07, 6.45) is 1.03. The lowest BCUT2D eigenvalue weighted by molar-refractivity contribution is -0.153. The van der Waals surface area contributed by atoms with Crippen LogP contribution in [-0.2, 0) is 16.0 Å². The van der Waals surface area contributed by atoms with Crippen LogP contribution in [0.3, 0.4) is 0 Å². The van der Waals surface area contributed by atoms with Crippen molar-refractivity contribution in [1.82, 2.24) is 10.6 Å². The number of carbonyl (C=O) groups excluding carboxylic acids is 1. The van der Waals surface area contributed by atoms with Crippen molar-refractivity contribution in [3.05, 3.63) is 35.4 Å². The van der Waals surface area contributed by atoms with Gasteiger partial charge < -0.3 is 15.4 Å². The molecule has 0 saturated carbocycles. The molecule has 23 heavy (non-hydrogen) atoms. The highest BCUT2D eigenvalue weighted by Crippen LogP contribution is 2.13. The lowest BCUT2D eigenvalue weighted by Crippen LogP contribution is -2.42. The Balaban J connectivity index is 2.53. The van der Waals surface area contributed by atoms with Crippen molar-refractivity contribution in [2.24, 2.45) is 4.99 Å². The highest BCUT2D eigenvalue weighted by Gasteiger charge is 2.16. The van der Waals surface area contributed by atoms with Gasteiger partial charge in [0.25, 0.3) is 0 Å². The molecule has 0 heterocycles. The number of nitrogens with zero attached hydrogens (tertiary/aromatic N) is 1. The van der Waals surface area contributed by atoms with Crippen LogP contribution in [0.25, 0.3) is 0 Å². The molecule has 0 aromatic heterocycles. The molecule has 0 spiro atoms. The average molecular weight is 319 g/mol. The van der Waals surface area contributed by atoms with Crippen molar-refractivity contribution < 1.29 is 9.53 Å². The average Bonchev–Trinajstić information content (AvgIpc) is 2.49. The zero-order chi connectivity index (χ0) is 17.5. The number of hydrogen-bond donors (Lipinski definition) is 2. The lowest BCUT2D eigenvalue weighted by Gasteiger charge is -2.21. The van der Waals surface area contributed by atoms with E-state index in [4.69, 9.17) is 4.74 Å². The first-order valence-corrected chi connectivity index (χ1v) is 8.03. The van der Waals surface area contributed by atoms with Crippen LogP contribution in [0, 0.1) is 0 Å². The van der Waals surface area contributed by atoms with E-state index in [1.165, 1.54) is 11.1 Å². The number of carbonyl (C=O) groups is 1. The van der Waals surface area contributed by atoms with E-state index in [9.17, 15) is 4.79 Å². The first-order chi connectivity index (χ1) is 10.7. The number of guanidine groups is 1. The molecule has 0 fully saturated rings. The summed E-state index contributed by atoms with van der Waals surface area (Å²) in [5.41, 5.74) is 2.00. The Kier molecular flexibility index (Phi) is 7.07. The zero-order valence-electron chi connectivity index (χ0n) is 15.1. The highest BCUT2D eigenvalue weighted by molar-refractivity contribution is 5.84. The number of ether oxygens (including phenoxy) is 1. The van der Waals surface area contributed by atoms with E-state index in [0.29, 0.717) is 5.96 Å². The molecular formula is C18H29N3O2. The van der Waals surface area contributed by atoms with Crippen LogP contribution < -0.4 is 10.6 Å². The quantitative estimate of drug-likeness (QED) is 0.498. The first kappa shape index (κ1) is 19.0. The molecule has 0 aliphatic carbocycles. The van der Waals surface area contributed by atoms with Crippen LogP contribution in [0.15, 0.2) is 29.3 Å².